The Hall–Kier alpha value is -6.20. The van der Waals surface area contributed by atoms with Crippen LogP contribution in [0.1, 0.15) is 0 Å². The van der Waals surface area contributed by atoms with Crippen molar-refractivity contribution in [1.82, 2.24) is 24.3 Å². The van der Waals surface area contributed by atoms with Crippen molar-refractivity contribution in [2.24, 2.45) is 0 Å². The molecule has 45 heavy (non-hydrogen) atoms. The molecule has 0 bridgehead atoms. The lowest BCUT2D eigenvalue weighted by Crippen LogP contribution is -1.95. The minimum absolute atomic E-state index is 0.711. The third-order valence-electron chi connectivity index (χ3n) is 8.41. The third-order valence-corrected chi connectivity index (χ3v) is 8.41. The lowest BCUT2D eigenvalue weighted by atomic mass is 9.99. The first-order chi connectivity index (χ1) is 22.3. The van der Waals surface area contributed by atoms with Crippen LogP contribution in [0.2, 0.25) is 0 Å². The second-order valence-corrected chi connectivity index (χ2v) is 11.2. The molecular weight excluding hydrogens is 550 g/mol. The number of imidazole rings is 1. The molecule has 0 saturated carbocycles. The zero-order valence-electron chi connectivity index (χ0n) is 24.2. The van der Waals surface area contributed by atoms with Crippen molar-refractivity contribution in [2.75, 3.05) is 0 Å². The van der Waals surface area contributed by atoms with Crippen LogP contribution in [0.4, 0.5) is 0 Å². The van der Waals surface area contributed by atoms with Gasteiger partial charge in [-0.25, -0.2) is 19.9 Å². The number of aromatic nitrogens is 5. The van der Waals surface area contributed by atoms with E-state index in [2.05, 4.69) is 89.5 Å². The summed E-state index contributed by atoms with van der Waals surface area (Å²) in [4.78, 5) is 20.1. The maximum atomic E-state index is 5.17. The first kappa shape index (κ1) is 25.3. The molecule has 0 saturated heterocycles. The maximum absolute atomic E-state index is 5.17. The average Bonchev–Trinajstić information content (AvgIpc) is 3.51. The molecule has 0 amide bonds. The normalized spacial score (nSPS) is 11.6. The molecule has 0 unspecified atom stereocenters. The Balaban J connectivity index is 1.14. The summed E-state index contributed by atoms with van der Waals surface area (Å²) in [6, 6.07) is 49.9. The van der Waals surface area contributed by atoms with Gasteiger partial charge >= 0.3 is 0 Å². The van der Waals surface area contributed by atoms with E-state index in [0.717, 1.165) is 77.7 Å². The number of hydrogen-bond donors (Lipinski definition) is 0. The Bertz CT molecular complexity index is 2530. The number of pyridine rings is 2. The van der Waals surface area contributed by atoms with Gasteiger partial charge in [-0.3, -0.25) is 4.40 Å². The van der Waals surface area contributed by atoms with Gasteiger partial charge in [0.15, 0.2) is 5.82 Å². The predicted octanol–water partition coefficient (Wildman–Crippen LogP) is 9.65. The molecular formula is C40H25N5. The SMILES string of the molecule is c1ccc(-c2nc(-c3ccc(-c4cccc(-c5nc6ccccc6c6nc7ccccn7c56)c4)cc3)nc3ccccc23)cc1. The fraction of sp³-hybridized carbons (Fsp3) is 0. The van der Waals surface area contributed by atoms with Gasteiger partial charge in [-0.1, -0.05) is 115 Å². The highest BCUT2D eigenvalue weighted by Gasteiger charge is 2.17. The van der Waals surface area contributed by atoms with E-state index in [0.29, 0.717) is 5.82 Å². The molecule has 5 heteroatoms. The number of hydrogen-bond acceptors (Lipinski definition) is 4. The second-order valence-electron chi connectivity index (χ2n) is 11.2. The zero-order valence-corrected chi connectivity index (χ0v) is 24.2. The summed E-state index contributed by atoms with van der Waals surface area (Å²) in [5.74, 6) is 0.711. The van der Waals surface area contributed by atoms with Crippen molar-refractivity contribution in [2.45, 2.75) is 0 Å². The van der Waals surface area contributed by atoms with Crippen LogP contribution in [0.3, 0.4) is 0 Å². The Kier molecular flexibility index (Phi) is 5.74. The lowest BCUT2D eigenvalue weighted by Gasteiger charge is -2.11. The van der Waals surface area contributed by atoms with E-state index >= 15 is 0 Å². The van der Waals surface area contributed by atoms with Crippen LogP contribution in [0.5, 0.6) is 0 Å². The van der Waals surface area contributed by atoms with E-state index in [-0.39, 0.29) is 0 Å². The Morgan fingerprint density at radius 1 is 0.400 bits per heavy atom. The van der Waals surface area contributed by atoms with Crippen molar-refractivity contribution in [3.8, 4) is 45.0 Å². The van der Waals surface area contributed by atoms with Gasteiger partial charge in [0.05, 0.1) is 27.9 Å². The summed E-state index contributed by atoms with van der Waals surface area (Å²) in [5, 5.41) is 2.10. The molecule has 4 heterocycles. The molecule has 9 rings (SSSR count). The molecule has 0 aliphatic rings. The third kappa shape index (κ3) is 4.25. The highest BCUT2D eigenvalue weighted by atomic mass is 15.0. The molecule has 0 N–H and O–H groups in total. The molecule has 4 aromatic heterocycles. The van der Waals surface area contributed by atoms with Crippen molar-refractivity contribution in [3.63, 3.8) is 0 Å². The smallest absolute Gasteiger partial charge is 0.160 e. The summed E-state index contributed by atoms with van der Waals surface area (Å²) >= 11 is 0. The highest BCUT2D eigenvalue weighted by molar-refractivity contribution is 6.09. The van der Waals surface area contributed by atoms with Crippen molar-refractivity contribution in [1.29, 1.82) is 0 Å². The van der Waals surface area contributed by atoms with Gasteiger partial charge < -0.3 is 0 Å². The Morgan fingerprint density at radius 3 is 1.91 bits per heavy atom. The predicted molar refractivity (Wildman–Crippen MR) is 183 cm³/mol. The number of fused-ring (bicyclic) bond motifs is 6. The molecule has 0 aliphatic carbocycles. The molecule has 0 radical (unpaired) electrons. The fourth-order valence-electron chi connectivity index (χ4n) is 6.24. The van der Waals surface area contributed by atoms with E-state index < -0.39 is 0 Å². The van der Waals surface area contributed by atoms with Crippen LogP contribution in [-0.2, 0) is 0 Å². The maximum Gasteiger partial charge on any atom is 0.160 e. The van der Waals surface area contributed by atoms with E-state index in [1.54, 1.807) is 0 Å². The number of rotatable bonds is 4. The summed E-state index contributed by atoms with van der Waals surface area (Å²) in [7, 11) is 0. The molecule has 0 aliphatic heterocycles. The number of para-hydroxylation sites is 2. The van der Waals surface area contributed by atoms with Gasteiger partial charge in [0.1, 0.15) is 11.2 Å². The van der Waals surface area contributed by atoms with E-state index in [1.807, 2.05) is 66.7 Å². The van der Waals surface area contributed by atoms with E-state index in [1.165, 1.54) is 0 Å². The van der Waals surface area contributed by atoms with Gasteiger partial charge in [0, 0.05) is 33.7 Å². The lowest BCUT2D eigenvalue weighted by molar-refractivity contribution is 1.22. The van der Waals surface area contributed by atoms with Crippen molar-refractivity contribution in [3.05, 3.63) is 152 Å². The molecule has 5 nitrogen and oxygen atoms in total. The van der Waals surface area contributed by atoms with Crippen LogP contribution in [-0.4, -0.2) is 24.3 Å². The summed E-state index contributed by atoms with van der Waals surface area (Å²) in [6.07, 6.45) is 2.06. The molecule has 0 atom stereocenters. The van der Waals surface area contributed by atoms with E-state index in [9.17, 15) is 0 Å². The first-order valence-corrected chi connectivity index (χ1v) is 15.0. The van der Waals surface area contributed by atoms with Crippen molar-refractivity contribution < 1.29 is 0 Å². The Morgan fingerprint density at radius 2 is 1.07 bits per heavy atom. The van der Waals surface area contributed by atoms with Crippen LogP contribution in [0.25, 0.3) is 83.5 Å². The van der Waals surface area contributed by atoms with Gasteiger partial charge in [-0.15, -0.1) is 0 Å². The molecule has 9 aromatic rings. The van der Waals surface area contributed by atoms with E-state index in [4.69, 9.17) is 19.9 Å². The van der Waals surface area contributed by atoms with Crippen LogP contribution >= 0.6 is 0 Å². The van der Waals surface area contributed by atoms with Crippen molar-refractivity contribution >= 4 is 38.5 Å². The number of benzene rings is 5. The minimum atomic E-state index is 0.711. The minimum Gasteiger partial charge on any atom is -0.298 e. The van der Waals surface area contributed by atoms with Crippen LogP contribution in [0.15, 0.2) is 152 Å². The van der Waals surface area contributed by atoms with Gasteiger partial charge in [-0.2, -0.15) is 0 Å². The molecule has 0 fully saturated rings. The quantitative estimate of drug-likeness (QED) is 0.210. The van der Waals surface area contributed by atoms with Crippen LogP contribution < -0.4 is 0 Å². The fourth-order valence-corrected chi connectivity index (χ4v) is 6.24. The molecule has 0 spiro atoms. The Labute approximate surface area is 259 Å². The highest BCUT2D eigenvalue weighted by Crippen LogP contribution is 2.35. The monoisotopic (exact) mass is 575 g/mol. The van der Waals surface area contributed by atoms with Gasteiger partial charge in [0.2, 0.25) is 0 Å². The van der Waals surface area contributed by atoms with Gasteiger partial charge in [-0.05, 0) is 41.5 Å². The summed E-state index contributed by atoms with van der Waals surface area (Å²) < 4.78 is 2.14. The van der Waals surface area contributed by atoms with Crippen LogP contribution in [0, 0.1) is 0 Å². The topological polar surface area (TPSA) is 56.0 Å². The largest absolute Gasteiger partial charge is 0.298 e. The summed E-state index contributed by atoms with van der Waals surface area (Å²) in [6.45, 7) is 0. The average molecular weight is 576 g/mol. The zero-order chi connectivity index (χ0) is 29.7. The molecule has 210 valence electrons. The van der Waals surface area contributed by atoms with Gasteiger partial charge in [0.25, 0.3) is 0 Å². The first-order valence-electron chi connectivity index (χ1n) is 15.0. The second kappa shape index (κ2) is 10.2. The standard InChI is InChI=1S/C40H25N5/c1-2-11-27(12-3-1)36-31-15-4-7-18-34(31)42-40(44-36)28-22-20-26(21-23-28)29-13-10-14-30(25-29)37-39-38(32-16-5-6-17-33(32)41-37)43-35-19-8-9-24-45(35)39/h1-25H. The number of nitrogens with zero attached hydrogens (tertiary/aromatic N) is 5. The molecule has 5 aromatic carbocycles. The summed E-state index contributed by atoms with van der Waals surface area (Å²) in [5.41, 5.74) is 11.9.